The van der Waals surface area contributed by atoms with Gasteiger partial charge in [0.15, 0.2) is 0 Å². The fourth-order valence-electron chi connectivity index (χ4n) is 3.94. The first-order valence-corrected chi connectivity index (χ1v) is 10.9. The first kappa shape index (κ1) is 24.5. The fraction of sp³-hybridized carbons (Fsp3) is 0.261. The summed E-state index contributed by atoms with van der Waals surface area (Å²) in [6, 6.07) is 6.54. The molecule has 1 unspecified atom stereocenters. The van der Waals surface area contributed by atoms with Gasteiger partial charge in [-0.25, -0.2) is 4.98 Å². The lowest BCUT2D eigenvalue weighted by Crippen LogP contribution is -2.45. The molecule has 1 atom stereocenters. The number of halogens is 3. The highest BCUT2D eigenvalue weighted by Gasteiger charge is 2.32. The van der Waals surface area contributed by atoms with E-state index in [1.165, 1.54) is 10.6 Å². The molecular formula is C23H19F3N4O4S. The van der Waals surface area contributed by atoms with Crippen molar-refractivity contribution in [2.75, 3.05) is 0 Å². The third-order valence-electron chi connectivity index (χ3n) is 5.69. The van der Waals surface area contributed by atoms with Crippen LogP contribution >= 0.6 is 12.6 Å². The van der Waals surface area contributed by atoms with E-state index >= 15 is 0 Å². The highest BCUT2D eigenvalue weighted by molar-refractivity contribution is 7.80. The van der Waals surface area contributed by atoms with Crippen LogP contribution < -0.4 is 16.2 Å². The molecule has 0 aliphatic carbocycles. The normalized spacial score (nSPS) is 16.3. The Morgan fingerprint density at radius 2 is 1.94 bits per heavy atom. The van der Waals surface area contributed by atoms with Crippen LogP contribution in [0.2, 0.25) is 0 Å². The lowest BCUT2D eigenvalue weighted by Gasteiger charge is -2.24. The first-order valence-electron chi connectivity index (χ1n) is 10.5. The Morgan fingerprint density at radius 1 is 1.20 bits per heavy atom. The summed E-state index contributed by atoms with van der Waals surface area (Å²) in [5.74, 6) is -1.29. The predicted octanol–water partition coefficient (Wildman–Crippen LogP) is 2.92. The monoisotopic (exact) mass is 504 g/mol. The number of aromatic nitrogens is 2. The summed E-state index contributed by atoms with van der Waals surface area (Å²) in [6.07, 6.45) is -4.28. The Bertz CT molecular complexity index is 1430. The minimum absolute atomic E-state index is 0.0191. The van der Waals surface area contributed by atoms with Crippen molar-refractivity contribution in [1.82, 2.24) is 20.2 Å². The van der Waals surface area contributed by atoms with E-state index < -0.39 is 41.1 Å². The number of hydrogen-bond donors (Lipinski definition) is 3. The Hall–Kier alpha value is -3.67. The molecule has 1 aliphatic rings. The molecule has 0 spiro atoms. The molecule has 12 heteroatoms. The minimum Gasteiger partial charge on any atom is -0.348 e. The smallest absolute Gasteiger partial charge is 0.348 e. The van der Waals surface area contributed by atoms with Crippen molar-refractivity contribution in [2.45, 2.75) is 43.4 Å². The van der Waals surface area contributed by atoms with Crippen LogP contribution in [0.3, 0.4) is 0 Å². The maximum Gasteiger partial charge on any atom is 0.416 e. The number of rotatable bonds is 4. The summed E-state index contributed by atoms with van der Waals surface area (Å²) >= 11 is 4.00. The van der Waals surface area contributed by atoms with Crippen LogP contribution in [0, 0.1) is 6.92 Å². The number of aryl methyl sites for hydroxylation is 1. The lowest BCUT2D eigenvalue weighted by atomic mass is 10.0. The summed E-state index contributed by atoms with van der Waals surface area (Å²) in [4.78, 5) is 53.8. The quantitative estimate of drug-likeness (QED) is 0.374. The zero-order valence-electron chi connectivity index (χ0n) is 18.3. The van der Waals surface area contributed by atoms with E-state index in [1.54, 1.807) is 19.1 Å². The van der Waals surface area contributed by atoms with Gasteiger partial charge >= 0.3 is 6.18 Å². The number of amides is 3. The molecule has 2 aromatic carbocycles. The lowest BCUT2D eigenvalue weighted by molar-refractivity contribution is -0.138. The fourth-order valence-corrected chi connectivity index (χ4v) is 4.26. The van der Waals surface area contributed by atoms with E-state index in [-0.39, 0.29) is 35.2 Å². The van der Waals surface area contributed by atoms with Gasteiger partial charge < -0.3 is 5.32 Å². The SMILES string of the molecule is Cc1nc2ccc(CNC(=O)c3ccc(C(F)(F)F)cc3S)cc2c(=O)n1C1CCC(=O)NC1=O. The number of carbonyl (C=O) groups is 3. The van der Waals surface area contributed by atoms with Crippen molar-refractivity contribution in [3.63, 3.8) is 0 Å². The number of alkyl halides is 3. The second-order valence-corrected chi connectivity index (χ2v) is 8.55. The number of thiol groups is 1. The third-order valence-corrected chi connectivity index (χ3v) is 6.06. The number of nitrogens with one attached hydrogen (secondary N) is 2. The number of piperidine rings is 1. The second-order valence-electron chi connectivity index (χ2n) is 8.06. The van der Waals surface area contributed by atoms with E-state index in [2.05, 4.69) is 28.2 Å². The second kappa shape index (κ2) is 9.17. The van der Waals surface area contributed by atoms with Crippen LogP contribution in [-0.2, 0) is 22.3 Å². The zero-order chi connectivity index (χ0) is 25.5. The van der Waals surface area contributed by atoms with Crippen molar-refractivity contribution in [3.05, 3.63) is 69.3 Å². The van der Waals surface area contributed by atoms with Crippen molar-refractivity contribution in [3.8, 4) is 0 Å². The van der Waals surface area contributed by atoms with Gasteiger partial charge in [0, 0.05) is 17.9 Å². The Labute approximate surface area is 201 Å². The van der Waals surface area contributed by atoms with Crippen LogP contribution in [0.1, 0.15) is 46.2 Å². The zero-order valence-corrected chi connectivity index (χ0v) is 19.2. The summed E-state index contributed by atoms with van der Waals surface area (Å²) < 4.78 is 39.8. The van der Waals surface area contributed by atoms with Gasteiger partial charge in [-0.3, -0.25) is 29.1 Å². The Morgan fingerprint density at radius 3 is 2.60 bits per heavy atom. The molecule has 1 saturated heterocycles. The maximum atomic E-state index is 13.2. The summed E-state index contributed by atoms with van der Waals surface area (Å²) in [5, 5.41) is 5.04. The van der Waals surface area contributed by atoms with Gasteiger partial charge in [0.1, 0.15) is 11.9 Å². The highest BCUT2D eigenvalue weighted by atomic mass is 32.1. The number of hydrogen-bond acceptors (Lipinski definition) is 6. The molecular weight excluding hydrogens is 485 g/mol. The molecule has 2 N–H and O–H groups in total. The van der Waals surface area contributed by atoms with E-state index in [0.717, 1.165) is 18.2 Å². The number of benzene rings is 2. The van der Waals surface area contributed by atoms with Crippen molar-refractivity contribution < 1.29 is 27.6 Å². The van der Waals surface area contributed by atoms with Gasteiger partial charge in [0.25, 0.3) is 11.5 Å². The minimum atomic E-state index is -4.55. The topological polar surface area (TPSA) is 110 Å². The van der Waals surface area contributed by atoms with Crippen LogP contribution in [0.25, 0.3) is 10.9 Å². The first-order chi connectivity index (χ1) is 16.5. The molecule has 1 aromatic heterocycles. The number of fused-ring (bicyclic) bond motifs is 1. The summed E-state index contributed by atoms with van der Waals surface area (Å²) in [5.41, 5.74) is -0.471. The van der Waals surface area contributed by atoms with Gasteiger partial charge in [0.2, 0.25) is 11.8 Å². The molecule has 0 saturated carbocycles. The molecule has 3 aromatic rings. The molecule has 0 bridgehead atoms. The van der Waals surface area contributed by atoms with Crippen molar-refractivity contribution in [2.24, 2.45) is 0 Å². The molecule has 1 aliphatic heterocycles. The molecule has 2 heterocycles. The van der Waals surface area contributed by atoms with Crippen molar-refractivity contribution in [1.29, 1.82) is 0 Å². The molecule has 4 rings (SSSR count). The van der Waals surface area contributed by atoms with Crippen LogP contribution in [0.5, 0.6) is 0 Å². The molecule has 35 heavy (non-hydrogen) atoms. The van der Waals surface area contributed by atoms with Gasteiger partial charge in [-0.05, 0) is 49.2 Å². The summed E-state index contributed by atoms with van der Waals surface area (Å²) in [6.45, 7) is 1.58. The molecule has 8 nitrogen and oxygen atoms in total. The highest BCUT2D eigenvalue weighted by Crippen LogP contribution is 2.31. The van der Waals surface area contributed by atoms with E-state index in [0.29, 0.717) is 16.9 Å². The van der Waals surface area contributed by atoms with E-state index in [4.69, 9.17) is 0 Å². The number of nitrogens with zero attached hydrogens (tertiary/aromatic N) is 2. The van der Waals surface area contributed by atoms with Crippen LogP contribution in [-0.4, -0.2) is 27.3 Å². The standard InChI is InChI=1S/C23H19F3N4O4S/c1-11-28-16-5-2-12(8-15(16)22(34)30(11)17-6-7-19(31)29-21(17)33)10-27-20(32)14-4-3-13(9-18(14)35)23(24,25)26/h2-5,8-9,17,35H,6-7,10H2,1H3,(H,27,32)(H,29,31,33). The van der Waals surface area contributed by atoms with Gasteiger partial charge in [-0.2, -0.15) is 13.2 Å². The molecule has 0 radical (unpaired) electrons. The Balaban J connectivity index is 1.58. The molecule has 1 fully saturated rings. The van der Waals surface area contributed by atoms with Crippen LogP contribution in [0.4, 0.5) is 13.2 Å². The molecule has 182 valence electrons. The van der Waals surface area contributed by atoms with Gasteiger partial charge in [-0.15, -0.1) is 12.6 Å². The van der Waals surface area contributed by atoms with Gasteiger partial charge in [-0.1, -0.05) is 6.07 Å². The maximum absolute atomic E-state index is 13.2. The average Bonchev–Trinajstić information content (AvgIpc) is 2.78. The van der Waals surface area contributed by atoms with Gasteiger partial charge in [0.05, 0.1) is 22.0 Å². The average molecular weight is 504 g/mol. The van der Waals surface area contributed by atoms with E-state index in [9.17, 15) is 32.3 Å². The molecule has 3 amide bonds. The number of carbonyl (C=O) groups excluding carboxylic acids is 3. The summed E-state index contributed by atoms with van der Waals surface area (Å²) in [7, 11) is 0. The largest absolute Gasteiger partial charge is 0.416 e. The van der Waals surface area contributed by atoms with Crippen molar-refractivity contribution >= 4 is 41.3 Å². The van der Waals surface area contributed by atoms with Crippen LogP contribution in [0.15, 0.2) is 46.1 Å². The predicted molar refractivity (Wildman–Crippen MR) is 122 cm³/mol. The van der Waals surface area contributed by atoms with E-state index in [1.807, 2.05) is 0 Å². The third kappa shape index (κ3) is 4.92. The Kier molecular flexibility index (Phi) is 6.41. The number of imide groups is 1.